The zero-order chi connectivity index (χ0) is 7.49. The minimum Gasteiger partial charge on any atom is -1.00 e. The Morgan fingerprint density at radius 3 is 2.00 bits per heavy atom. The third kappa shape index (κ3) is 7.46. The molecule has 0 aromatic carbocycles. The van der Waals surface area contributed by atoms with Crippen molar-refractivity contribution in [1.29, 1.82) is 0 Å². The Labute approximate surface area is 67.7 Å². The van der Waals surface area contributed by atoms with E-state index >= 15 is 0 Å². The van der Waals surface area contributed by atoms with Crippen LogP contribution in [0.15, 0.2) is 12.7 Å². The lowest BCUT2D eigenvalue weighted by molar-refractivity contribution is -0.905. The number of amides is 1. The Morgan fingerprint density at radius 1 is 1.50 bits per heavy atom. The predicted octanol–water partition coefficient (Wildman–Crippen LogP) is -3.09. The van der Waals surface area contributed by atoms with E-state index in [4.69, 9.17) is 0 Å². The van der Waals surface area contributed by atoms with Gasteiger partial charge in [0, 0.05) is 6.08 Å². The molecule has 0 saturated heterocycles. The topological polar surface area (TPSA) is 29.1 Å². The standard InChI is InChI=1S/C6H12N2O.ClH/c1-5-6(9)7-8(2,3)4;/h5H,1H2,2-4H3;1H. The van der Waals surface area contributed by atoms with Crippen LogP contribution < -0.4 is 17.8 Å². The van der Waals surface area contributed by atoms with Crippen LogP contribution in [0.2, 0.25) is 0 Å². The molecule has 0 radical (unpaired) electrons. The molecule has 0 spiro atoms. The van der Waals surface area contributed by atoms with E-state index < -0.39 is 0 Å². The molecular formula is C6H13ClN2O. The predicted molar refractivity (Wildman–Crippen MR) is 36.4 cm³/mol. The van der Waals surface area contributed by atoms with Gasteiger partial charge in [-0.25, -0.2) is 4.59 Å². The van der Waals surface area contributed by atoms with Gasteiger partial charge in [0.2, 0.25) is 0 Å². The van der Waals surface area contributed by atoms with Crippen molar-refractivity contribution in [2.24, 2.45) is 0 Å². The fraction of sp³-hybridized carbons (Fsp3) is 0.500. The van der Waals surface area contributed by atoms with Crippen LogP contribution in [-0.4, -0.2) is 31.6 Å². The van der Waals surface area contributed by atoms with E-state index in [-0.39, 0.29) is 18.3 Å². The van der Waals surface area contributed by atoms with Crippen LogP contribution in [0, 0.1) is 0 Å². The Morgan fingerprint density at radius 2 is 1.90 bits per heavy atom. The van der Waals surface area contributed by atoms with Gasteiger partial charge in [0.1, 0.15) is 0 Å². The summed E-state index contributed by atoms with van der Waals surface area (Å²) in [5.74, 6) is -0.150. The number of rotatable bonds is 2. The van der Waals surface area contributed by atoms with Gasteiger partial charge in [0.25, 0.3) is 5.91 Å². The zero-order valence-electron chi connectivity index (χ0n) is 6.52. The maximum absolute atomic E-state index is 10.6. The lowest BCUT2D eigenvalue weighted by Gasteiger charge is -2.22. The average molecular weight is 165 g/mol. The third-order valence-electron chi connectivity index (χ3n) is 0.631. The smallest absolute Gasteiger partial charge is 0.288 e. The van der Waals surface area contributed by atoms with Crippen molar-refractivity contribution in [3.63, 3.8) is 0 Å². The summed E-state index contributed by atoms with van der Waals surface area (Å²) in [6.45, 7) is 3.32. The van der Waals surface area contributed by atoms with Crippen LogP contribution in [-0.2, 0) is 4.79 Å². The number of carbonyl (C=O) groups is 1. The zero-order valence-corrected chi connectivity index (χ0v) is 7.27. The minimum absolute atomic E-state index is 0. The van der Waals surface area contributed by atoms with Gasteiger partial charge in [-0.1, -0.05) is 6.58 Å². The van der Waals surface area contributed by atoms with Gasteiger partial charge in [0.15, 0.2) is 0 Å². The first-order valence-electron chi connectivity index (χ1n) is 2.72. The summed E-state index contributed by atoms with van der Waals surface area (Å²) >= 11 is 0. The van der Waals surface area contributed by atoms with Gasteiger partial charge < -0.3 is 12.4 Å². The molecule has 0 aliphatic rings. The maximum Gasteiger partial charge on any atom is 0.288 e. The number of quaternary nitrogens is 1. The molecule has 60 valence electrons. The fourth-order valence-corrected chi connectivity index (χ4v) is 0.376. The molecule has 0 saturated carbocycles. The second kappa shape index (κ2) is 4.30. The molecule has 0 aliphatic carbocycles. The molecule has 0 aromatic heterocycles. The van der Waals surface area contributed by atoms with E-state index in [0.717, 1.165) is 0 Å². The van der Waals surface area contributed by atoms with Crippen molar-refractivity contribution in [2.75, 3.05) is 21.1 Å². The highest BCUT2D eigenvalue weighted by Gasteiger charge is 2.07. The van der Waals surface area contributed by atoms with Gasteiger partial charge in [-0.3, -0.25) is 4.79 Å². The lowest BCUT2D eigenvalue weighted by atomic mass is 10.6. The quantitative estimate of drug-likeness (QED) is 0.262. The van der Waals surface area contributed by atoms with Crippen LogP contribution in [0.3, 0.4) is 0 Å². The summed E-state index contributed by atoms with van der Waals surface area (Å²) < 4.78 is 0.421. The SMILES string of the molecule is C=CC(=O)N[N+](C)(C)C.[Cl-]. The summed E-state index contributed by atoms with van der Waals surface area (Å²) in [5.41, 5.74) is 2.65. The van der Waals surface area contributed by atoms with Gasteiger partial charge in [0.05, 0.1) is 21.1 Å². The second-order valence-corrected chi connectivity index (χ2v) is 2.69. The molecule has 4 heteroatoms. The van der Waals surface area contributed by atoms with Gasteiger partial charge in [-0.15, -0.1) is 0 Å². The maximum atomic E-state index is 10.6. The molecule has 0 bridgehead atoms. The number of halogens is 1. The van der Waals surface area contributed by atoms with Crippen molar-refractivity contribution < 1.29 is 21.8 Å². The van der Waals surface area contributed by atoms with Crippen molar-refractivity contribution in [2.45, 2.75) is 0 Å². The molecule has 1 N–H and O–H groups in total. The highest BCUT2D eigenvalue weighted by Crippen LogP contribution is 1.80. The van der Waals surface area contributed by atoms with Gasteiger partial charge in [-0.05, 0) is 0 Å². The van der Waals surface area contributed by atoms with Crippen LogP contribution in [0.5, 0.6) is 0 Å². The number of nitrogens with zero attached hydrogens (tertiary/aromatic N) is 1. The summed E-state index contributed by atoms with van der Waals surface area (Å²) in [4.78, 5) is 10.6. The first-order valence-corrected chi connectivity index (χ1v) is 2.72. The molecule has 0 aromatic rings. The molecule has 0 fully saturated rings. The Bertz CT molecular complexity index is 128. The van der Waals surface area contributed by atoms with Crippen LogP contribution >= 0.6 is 0 Å². The van der Waals surface area contributed by atoms with Crippen LogP contribution in [0.25, 0.3) is 0 Å². The largest absolute Gasteiger partial charge is 1.00 e. The van der Waals surface area contributed by atoms with Crippen molar-refractivity contribution in [1.82, 2.24) is 5.43 Å². The highest BCUT2D eigenvalue weighted by molar-refractivity contribution is 5.85. The molecule has 0 unspecified atom stereocenters. The summed E-state index contributed by atoms with van der Waals surface area (Å²) in [6, 6.07) is 0. The molecule has 0 atom stereocenters. The van der Waals surface area contributed by atoms with E-state index in [2.05, 4.69) is 12.0 Å². The number of carbonyl (C=O) groups excluding carboxylic acids is 1. The average Bonchev–Trinajstić information content (AvgIpc) is 1.62. The Balaban J connectivity index is 0. The Kier molecular flexibility index (Phi) is 5.24. The van der Waals surface area contributed by atoms with E-state index in [1.165, 1.54) is 6.08 Å². The molecule has 0 rings (SSSR count). The molecule has 3 nitrogen and oxygen atoms in total. The Hall–Kier alpha value is -0.540. The lowest BCUT2D eigenvalue weighted by Crippen LogP contribution is -3.00. The summed E-state index contributed by atoms with van der Waals surface area (Å²) in [5, 5.41) is 0. The van der Waals surface area contributed by atoms with Gasteiger partial charge in [-0.2, -0.15) is 5.43 Å². The van der Waals surface area contributed by atoms with Crippen molar-refractivity contribution >= 4 is 5.91 Å². The van der Waals surface area contributed by atoms with Gasteiger partial charge >= 0.3 is 0 Å². The molecule has 1 amide bonds. The van der Waals surface area contributed by atoms with E-state index in [1.807, 2.05) is 21.1 Å². The number of hydrogen-bond acceptors (Lipinski definition) is 1. The van der Waals surface area contributed by atoms with E-state index in [9.17, 15) is 4.79 Å². The number of nitrogens with one attached hydrogen (secondary N) is 1. The second-order valence-electron chi connectivity index (χ2n) is 2.69. The molecule has 10 heavy (non-hydrogen) atoms. The third-order valence-corrected chi connectivity index (χ3v) is 0.631. The van der Waals surface area contributed by atoms with E-state index in [1.54, 1.807) is 0 Å². The van der Waals surface area contributed by atoms with Crippen LogP contribution in [0.1, 0.15) is 0 Å². The fourth-order valence-electron chi connectivity index (χ4n) is 0.376. The van der Waals surface area contributed by atoms with Crippen molar-refractivity contribution in [3.8, 4) is 0 Å². The number of hydrogen-bond donors (Lipinski definition) is 1. The molecule has 0 aliphatic heterocycles. The van der Waals surface area contributed by atoms with E-state index in [0.29, 0.717) is 4.59 Å². The monoisotopic (exact) mass is 164 g/mol. The van der Waals surface area contributed by atoms with Crippen molar-refractivity contribution in [3.05, 3.63) is 12.7 Å². The molecular weight excluding hydrogens is 152 g/mol. The summed E-state index contributed by atoms with van der Waals surface area (Å²) in [7, 11) is 5.59. The molecule has 0 heterocycles. The summed E-state index contributed by atoms with van der Waals surface area (Å²) in [6.07, 6.45) is 1.25. The van der Waals surface area contributed by atoms with Crippen LogP contribution in [0.4, 0.5) is 0 Å². The first kappa shape index (κ1) is 12.2. The normalized spacial score (nSPS) is 9.50. The first-order chi connectivity index (χ1) is 3.95. The highest BCUT2D eigenvalue weighted by atomic mass is 35.5. The minimum atomic E-state index is -0.150.